The lowest BCUT2D eigenvalue weighted by molar-refractivity contribution is -0.384. The smallest absolute Gasteiger partial charge is 0.311 e. The molecule has 1 fully saturated rings. The number of aliphatic carboxylic acids is 1. The highest BCUT2D eigenvalue weighted by Gasteiger charge is 2.30. The van der Waals surface area contributed by atoms with Crippen molar-refractivity contribution in [2.75, 3.05) is 18.0 Å². The molecule has 0 saturated carbocycles. The van der Waals surface area contributed by atoms with E-state index in [0.29, 0.717) is 36.0 Å². The fraction of sp³-hybridized carbons (Fsp3) is 0.333. The van der Waals surface area contributed by atoms with Gasteiger partial charge >= 0.3 is 11.7 Å². The molecule has 0 bridgehead atoms. The van der Waals surface area contributed by atoms with Crippen molar-refractivity contribution in [2.45, 2.75) is 12.8 Å². The minimum Gasteiger partial charge on any atom is -0.481 e. The molecule has 1 aromatic carbocycles. The number of fused-ring (bicyclic) bond motifs is 1. The Morgan fingerprint density at radius 2 is 2.18 bits per heavy atom. The molecular weight excluding hydrogens is 286 g/mol. The quantitative estimate of drug-likeness (QED) is 0.691. The zero-order valence-corrected chi connectivity index (χ0v) is 11.8. The number of carboxylic acids is 1. The summed E-state index contributed by atoms with van der Waals surface area (Å²) in [5, 5.41) is 21.3. The average molecular weight is 301 g/mol. The average Bonchev–Trinajstić information content (AvgIpc) is 2.53. The Labute approximate surface area is 126 Å². The van der Waals surface area contributed by atoms with Crippen molar-refractivity contribution >= 4 is 28.2 Å². The van der Waals surface area contributed by atoms with E-state index >= 15 is 0 Å². The van der Waals surface area contributed by atoms with Crippen LogP contribution in [0.2, 0.25) is 0 Å². The number of piperidine rings is 1. The van der Waals surface area contributed by atoms with Crippen LogP contribution in [0.15, 0.2) is 30.5 Å². The van der Waals surface area contributed by atoms with Gasteiger partial charge in [0.1, 0.15) is 11.9 Å². The maximum atomic E-state index is 11.3. The highest BCUT2D eigenvalue weighted by molar-refractivity contribution is 5.96. The summed E-state index contributed by atoms with van der Waals surface area (Å²) in [6, 6.07) is 7.20. The number of aromatic nitrogens is 1. The number of nitrogens with zero attached hydrogens (tertiary/aromatic N) is 3. The van der Waals surface area contributed by atoms with Gasteiger partial charge in [-0.1, -0.05) is 18.2 Å². The zero-order valence-electron chi connectivity index (χ0n) is 11.8. The monoisotopic (exact) mass is 301 g/mol. The number of carbonyl (C=O) groups is 1. The summed E-state index contributed by atoms with van der Waals surface area (Å²) in [7, 11) is 0. The van der Waals surface area contributed by atoms with Gasteiger partial charge in [-0.05, 0) is 18.9 Å². The van der Waals surface area contributed by atoms with Crippen LogP contribution >= 0.6 is 0 Å². The van der Waals surface area contributed by atoms with Gasteiger partial charge in [0.25, 0.3) is 0 Å². The summed E-state index contributed by atoms with van der Waals surface area (Å²) in [5.41, 5.74) is 1.06. The minimum absolute atomic E-state index is 0.0789. The standard InChI is InChI=1S/C15H15N3O4/c19-15(20)10-4-3-7-17(9-10)14-11-5-1-2-6-12(11)16-8-13(14)18(21)22/h1-2,5-6,8,10H,3-4,7,9H2,(H,19,20). The molecular formula is C15H15N3O4. The first-order valence-electron chi connectivity index (χ1n) is 7.08. The fourth-order valence-corrected chi connectivity index (χ4v) is 2.96. The Balaban J connectivity index is 2.13. The maximum absolute atomic E-state index is 11.3. The van der Waals surface area contributed by atoms with Crippen molar-refractivity contribution in [1.82, 2.24) is 4.98 Å². The predicted octanol–water partition coefficient (Wildman–Crippen LogP) is 2.44. The van der Waals surface area contributed by atoms with Crippen LogP contribution in [0, 0.1) is 16.0 Å². The summed E-state index contributed by atoms with van der Waals surface area (Å²) >= 11 is 0. The molecule has 22 heavy (non-hydrogen) atoms. The largest absolute Gasteiger partial charge is 0.481 e. The van der Waals surface area contributed by atoms with E-state index in [2.05, 4.69) is 4.98 Å². The van der Waals surface area contributed by atoms with Gasteiger partial charge in [0.2, 0.25) is 0 Å². The van der Waals surface area contributed by atoms with Gasteiger partial charge in [0.15, 0.2) is 0 Å². The summed E-state index contributed by atoms with van der Waals surface area (Å²) in [5.74, 6) is -1.36. The van der Waals surface area contributed by atoms with Crippen LogP contribution in [0.3, 0.4) is 0 Å². The number of para-hydroxylation sites is 1. The van der Waals surface area contributed by atoms with Crippen molar-refractivity contribution in [1.29, 1.82) is 0 Å². The van der Waals surface area contributed by atoms with Crippen LogP contribution < -0.4 is 4.90 Å². The van der Waals surface area contributed by atoms with E-state index in [9.17, 15) is 20.0 Å². The molecule has 1 aliphatic rings. The van der Waals surface area contributed by atoms with Gasteiger partial charge in [-0.25, -0.2) is 4.98 Å². The highest BCUT2D eigenvalue weighted by Crippen LogP contribution is 2.37. The van der Waals surface area contributed by atoms with Gasteiger partial charge in [0.05, 0.1) is 16.4 Å². The lowest BCUT2D eigenvalue weighted by atomic mass is 9.97. The van der Waals surface area contributed by atoms with E-state index < -0.39 is 16.8 Å². The number of benzene rings is 1. The Hall–Kier alpha value is -2.70. The molecule has 2 aromatic rings. The van der Waals surface area contributed by atoms with Crippen LogP contribution in [0.4, 0.5) is 11.4 Å². The molecule has 2 heterocycles. The number of anilines is 1. The molecule has 1 aliphatic heterocycles. The lowest BCUT2D eigenvalue weighted by Gasteiger charge is -2.32. The van der Waals surface area contributed by atoms with Crippen molar-refractivity contribution < 1.29 is 14.8 Å². The first kappa shape index (κ1) is 14.2. The predicted molar refractivity (Wildman–Crippen MR) is 81.0 cm³/mol. The molecule has 1 unspecified atom stereocenters. The topological polar surface area (TPSA) is 96.6 Å². The molecule has 1 aromatic heterocycles. The summed E-state index contributed by atoms with van der Waals surface area (Å²) in [6.45, 7) is 0.892. The third-order valence-corrected chi connectivity index (χ3v) is 4.01. The van der Waals surface area contributed by atoms with Gasteiger partial charge in [-0.15, -0.1) is 0 Å². The Morgan fingerprint density at radius 3 is 2.91 bits per heavy atom. The Kier molecular flexibility index (Phi) is 3.62. The minimum atomic E-state index is -0.856. The summed E-state index contributed by atoms with van der Waals surface area (Å²) in [6.07, 6.45) is 2.55. The number of hydrogen-bond acceptors (Lipinski definition) is 5. The van der Waals surface area contributed by atoms with Gasteiger partial charge in [0, 0.05) is 18.5 Å². The first-order valence-corrected chi connectivity index (χ1v) is 7.08. The molecule has 0 spiro atoms. The van der Waals surface area contributed by atoms with Crippen molar-refractivity contribution in [2.24, 2.45) is 5.92 Å². The van der Waals surface area contributed by atoms with E-state index in [4.69, 9.17) is 0 Å². The lowest BCUT2D eigenvalue weighted by Crippen LogP contribution is -2.39. The third kappa shape index (κ3) is 2.45. The van der Waals surface area contributed by atoms with E-state index in [1.165, 1.54) is 6.20 Å². The number of rotatable bonds is 3. The number of nitro groups is 1. The van der Waals surface area contributed by atoms with Crippen LogP contribution in [-0.2, 0) is 4.79 Å². The SMILES string of the molecule is O=C(O)C1CCCN(c2c([N+](=O)[O-])cnc3ccccc23)C1. The zero-order chi connectivity index (χ0) is 15.7. The maximum Gasteiger partial charge on any atom is 0.311 e. The second-order valence-corrected chi connectivity index (χ2v) is 5.39. The van der Waals surface area contributed by atoms with Crippen LogP contribution in [-0.4, -0.2) is 34.1 Å². The molecule has 7 heteroatoms. The number of hydrogen-bond donors (Lipinski definition) is 1. The third-order valence-electron chi connectivity index (χ3n) is 4.01. The second-order valence-electron chi connectivity index (χ2n) is 5.39. The highest BCUT2D eigenvalue weighted by atomic mass is 16.6. The van der Waals surface area contributed by atoms with Crippen molar-refractivity contribution in [3.05, 3.63) is 40.6 Å². The van der Waals surface area contributed by atoms with Gasteiger partial charge < -0.3 is 10.0 Å². The van der Waals surface area contributed by atoms with Crippen molar-refractivity contribution in [3.8, 4) is 0 Å². The normalized spacial score (nSPS) is 18.4. The molecule has 1 saturated heterocycles. The van der Waals surface area contributed by atoms with Crippen LogP contribution in [0.25, 0.3) is 10.9 Å². The number of carboxylic acid groups (broad SMARTS) is 1. The van der Waals surface area contributed by atoms with Gasteiger partial charge in [-0.2, -0.15) is 0 Å². The molecule has 1 N–H and O–H groups in total. The molecule has 1 atom stereocenters. The molecule has 3 rings (SSSR count). The first-order chi connectivity index (χ1) is 10.6. The molecule has 0 radical (unpaired) electrons. The fourth-order valence-electron chi connectivity index (χ4n) is 2.96. The van der Waals surface area contributed by atoms with Gasteiger partial charge in [-0.3, -0.25) is 14.9 Å². The van der Waals surface area contributed by atoms with Crippen molar-refractivity contribution in [3.63, 3.8) is 0 Å². The van der Waals surface area contributed by atoms with E-state index in [1.807, 2.05) is 11.0 Å². The van der Waals surface area contributed by atoms with Crippen LogP contribution in [0.5, 0.6) is 0 Å². The van der Waals surface area contributed by atoms with E-state index in [0.717, 1.165) is 0 Å². The summed E-state index contributed by atoms with van der Waals surface area (Å²) in [4.78, 5) is 28.1. The molecule has 0 amide bonds. The second kappa shape index (κ2) is 5.59. The Morgan fingerprint density at radius 1 is 1.41 bits per heavy atom. The van der Waals surface area contributed by atoms with Crippen LogP contribution in [0.1, 0.15) is 12.8 Å². The molecule has 114 valence electrons. The Bertz CT molecular complexity index is 747. The molecule has 0 aliphatic carbocycles. The molecule has 7 nitrogen and oxygen atoms in total. The summed E-state index contributed by atoms with van der Waals surface area (Å²) < 4.78 is 0. The van der Waals surface area contributed by atoms with E-state index in [1.54, 1.807) is 18.2 Å². The number of pyridine rings is 1. The van der Waals surface area contributed by atoms with E-state index in [-0.39, 0.29) is 12.2 Å².